The van der Waals surface area contributed by atoms with Gasteiger partial charge >= 0.3 is 5.97 Å². The molecule has 1 saturated heterocycles. The summed E-state index contributed by atoms with van der Waals surface area (Å²) in [6, 6.07) is 5.48. The van der Waals surface area contributed by atoms with Crippen molar-refractivity contribution in [2.45, 2.75) is 5.92 Å². The second kappa shape index (κ2) is 5.25. The van der Waals surface area contributed by atoms with Crippen molar-refractivity contribution >= 4 is 29.2 Å². The largest absolute Gasteiger partial charge is 0.469 e. The number of hydrogen-bond acceptors (Lipinski definition) is 3. The Kier molecular flexibility index (Phi) is 3.92. The molecule has 1 aromatic rings. The van der Waals surface area contributed by atoms with E-state index in [2.05, 4.69) is 5.32 Å². The van der Waals surface area contributed by atoms with Crippen LogP contribution in [0, 0.1) is 5.92 Å². The molecule has 0 spiro atoms. The molecule has 1 N–H and O–H groups in total. The summed E-state index contributed by atoms with van der Waals surface area (Å²) in [5.74, 6) is -0.250. The van der Waals surface area contributed by atoms with Crippen LogP contribution in [0.1, 0.15) is 11.5 Å². The fraction of sp³-hybridized carbons (Fsp3) is 0.417. The number of rotatable bonds is 2. The van der Waals surface area contributed by atoms with Gasteiger partial charge in [0.25, 0.3) is 0 Å². The van der Waals surface area contributed by atoms with Crippen LogP contribution < -0.4 is 5.32 Å². The highest BCUT2D eigenvalue weighted by molar-refractivity contribution is 6.42. The van der Waals surface area contributed by atoms with E-state index in [-0.39, 0.29) is 17.8 Å². The molecule has 2 atom stereocenters. The average molecular weight is 274 g/mol. The molecule has 0 saturated carbocycles. The summed E-state index contributed by atoms with van der Waals surface area (Å²) < 4.78 is 4.80. The molecular weight excluding hydrogens is 261 g/mol. The lowest BCUT2D eigenvalue weighted by Gasteiger charge is -2.17. The van der Waals surface area contributed by atoms with Crippen LogP contribution in [0.3, 0.4) is 0 Å². The molecular formula is C12H13Cl2NO2. The number of carbonyl (C=O) groups is 1. The van der Waals surface area contributed by atoms with Crippen LogP contribution in [-0.4, -0.2) is 26.2 Å². The van der Waals surface area contributed by atoms with Crippen molar-refractivity contribution in [1.82, 2.24) is 5.32 Å². The highest BCUT2D eigenvalue weighted by atomic mass is 35.5. The normalized spacial score (nSPS) is 23.7. The van der Waals surface area contributed by atoms with Gasteiger partial charge in [0.15, 0.2) is 0 Å². The Labute approximate surface area is 110 Å². The van der Waals surface area contributed by atoms with E-state index in [1.165, 1.54) is 7.11 Å². The van der Waals surface area contributed by atoms with E-state index < -0.39 is 0 Å². The van der Waals surface area contributed by atoms with E-state index in [4.69, 9.17) is 27.9 Å². The first-order valence-corrected chi connectivity index (χ1v) is 6.12. The minimum Gasteiger partial charge on any atom is -0.469 e. The zero-order chi connectivity index (χ0) is 12.4. The second-order valence-electron chi connectivity index (χ2n) is 4.07. The van der Waals surface area contributed by atoms with Gasteiger partial charge in [-0.15, -0.1) is 0 Å². The minimum atomic E-state index is -0.189. The molecule has 17 heavy (non-hydrogen) atoms. The third kappa shape index (κ3) is 2.57. The number of methoxy groups -OCH3 is 1. The minimum absolute atomic E-state index is 0.0946. The maximum Gasteiger partial charge on any atom is 0.310 e. The van der Waals surface area contributed by atoms with Crippen LogP contribution >= 0.6 is 23.2 Å². The lowest BCUT2D eigenvalue weighted by Crippen LogP contribution is -2.22. The number of ether oxygens (including phenoxy) is 1. The maximum absolute atomic E-state index is 11.6. The van der Waals surface area contributed by atoms with E-state index >= 15 is 0 Å². The van der Waals surface area contributed by atoms with Crippen molar-refractivity contribution in [3.63, 3.8) is 0 Å². The van der Waals surface area contributed by atoms with Crippen LogP contribution in [0.5, 0.6) is 0 Å². The van der Waals surface area contributed by atoms with Crippen molar-refractivity contribution in [3.8, 4) is 0 Å². The van der Waals surface area contributed by atoms with Crippen LogP contribution in [0.4, 0.5) is 0 Å². The van der Waals surface area contributed by atoms with Gasteiger partial charge in [0, 0.05) is 19.0 Å². The molecule has 1 heterocycles. The first kappa shape index (κ1) is 12.7. The monoisotopic (exact) mass is 273 g/mol. The fourth-order valence-electron chi connectivity index (χ4n) is 2.17. The number of benzene rings is 1. The van der Waals surface area contributed by atoms with E-state index in [0.29, 0.717) is 16.6 Å². The summed E-state index contributed by atoms with van der Waals surface area (Å²) in [4.78, 5) is 11.6. The van der Waals surface area contributed by atoms with Crippen LogP contribution in [0.2, 0.25) is 10.0 Å². The number of hydrogen-bond donors (Lipinski definition) is 1. The van der Waals surface area contributed by atoms with E-state index in [1.807, 2.05) is 12.1 Å². The Morgan fingerprint density at radius 2 is 2.12 bits per heavy atom. The smallest absolute Gasteiger partial charge is 0.310 e. The highest BCUT2D eigenvalue weighted by Gasteiger charge is 2.34. The SMILES string of the molecule is COC(=O)[C@H]1CNC[C@@H]1c1ccc(Cl)c(Cl)c1. The summed E-state index contributed by atoms with van der Waals surface area (Å²) in [5.41, 5.74) is 1.01. The molecule has 1 aromatic carbocycles. The third-order valence-corrected chi connectivity index (χ3v) is 3.83. The van der Waals surface area contributed by atoms with E-state index in [0.717, 1.165) is 12.1 Å². The van der Waals surface area contributed by atoms with Crippen LogP contribution in [-0.2, 0) is 9.53 Å². The van der Waals surface area contributed by atoms with Gasteiger partial charge in [-0.05, 0) is 17.7 Å². The molecule has 0 unspecified atom stereocenters. The van der Waals surface area contributed by atoms with Gasteiger partial charge in [0.05, 0.1) is 23.1 Å². The Morgan fingerprint density at radius 3 is 2.76 bits per heavy atom. The van der Waals surface area contributed by atoms with Gasteiger partial charge in [0.1, 0.15) is 0 Å². The summed E-state index contributed by atoms with van der Waals surface area (Å²) in [6.45, 7) is 1.38. The quantitative estimate of drug-likeness (QED) is 0.842. The molecule has 2 rings (SSSR count). The zero-order valence-corrected chi connectivity index (χ0v) is 10.9. The number of halogens is 2. The molecule has 0 aliphatic carbocycles. The Balaban J connectivity index is 2.26. The molecule has 3 nitrogen and oxygen atoms in total. The molecule has 0 bridgehead atoms. The van der Waals surface area contributed by atoms with Crippen molar-refractivity contribution in [2.75, 3.05) is 20.2 Å². The van der Waals surface area contributed by atoms with E-state index in [9.17, 15) is 4.79 Å². The molecule has 5 heteroatoms. The third-order valence-electron chi connectivity index (χ3n) is 3.09. The molecule has 0 radical (unpaired) electrons. The Bertz CT molecular complexity index is 437. The zero-order valence-electron chi connectivity index (χ0n) is 9.37. The standard InChI is InChI=1S/C12H13Cl2NO2/c1-17-12(16)9-6-15-5-8(9)7-2-3-10(13)11(14)4-7/h2-4,8-9,15H,5-6H2,1H3/t8-,9+/m1/s1. The maximum atomic E-state index is 11.6. The highest BCUT2D eigenvalue weighted by Crippen LogP contribution is 2.32. The summed E-state index contributed by atoms with van der Waals surface area (Å²) in [6.07, 6.45) is 0. The molecule has 1 aliphatic heterocycles. The summed E-state index contributed by atoms with van der Waals surface area (Å²) >= 11 is 11.9. The van der Waals surface area contributed by atoms with Gasteiger partial charge in [0.2, 0.25) is 0 Å². The van der Waals surface area contributed by atoms with Gasteiger partial charge in [-0.3, -0.25) is 4.79 Å². The van der Waals surface area contributed by atoms with Gasteiger partial charge in [-0.1, -0.05) is 29.3 Å². The van der Waals surface area contributed by atoms with Gasteiger partial charge < -0.3 is 10.1 Å². The number of carbonyl (C=O) groups excluding carboxylic acids is 1. The van der Waals surface area contributed by atoms with Crippen molar-refractivity contribution < 1.29 is 9.53 Å². The molecule has 92 valence electrons. The first-order valence-electron chi connectivity index (χ1n) is 5.37. The second-order valence-corrected chi connectivity index (χ2v) is 4.88. The van der Waals surface area contributed by atoms with Crippen LogP contribution in [0.25, 0.3) is 0 Å². The molecule has 0 amide bonds. The Hall–Kier alpha value is -0.770. The van der Waals surface area contributed by atoms with Crippen molar-refractivity contribution in [2.24, 2.45) is 5.92 Å². The number of nitrogens with one attached hydrogen (secondary N) is 1. The van der Waals surface area contributed by atoms with Gasteiger partial charge in [-0.2, -0.15) is 0 Å². The molecule has 1 fully saturated rings. The topological polar surface area (TPSA) is 38.3 Å². The lowest BCUT2D eigenvalue weighted by atomic mass is 9.89. The van der Waals surface area contributed by atoms with Gasteiger partial charge in [-0.25, -0.2) is 0 Å². The predicted octanol–water partition coefficient (Wildman–Crippen LogP) is 2.47. The number of esters is 1. The first-order chi connectivity index (χ1) is 8.13. The molecule has 1 aliphatic rings. The fourth-order valence-corrected chi connectivity index (χ4v) is 2.48. The van der Waals surface area contributed by atoms with Crippen LogP contribution in [0.15, 0.2) is 18.2 Å². The average Bonchev–Trinajstić information content (AvgIpc) is 2.80. The molecule has 0 aromatic heterocycles. The van der Waals surface area contributed by atoms with Crippen molar-refractivity contribution in [1.29, 1.82) is 0 Å². The van der Waals surface area contributed by atoms with E-state index in [1.54, 1.807) is 6.07 Å². The summed E-state index contributed by atoms with van der Waals surface area (Å²) in [7, 11) is 1.41. The predicted molar refractivity (Wildman–Crippen MR) is 67.6 cm³/mol. The lowest BCUT2D eigenvalue weighted by molar-refractivity contribution is -0.145. The Morgan fingerprint density at radius 1 is 1.35 bits per heavy atom. The summed E-state index contributed by atoms with van der Waals surface area (Å²) in [5, 5.41) is 4.23. The van der Waals surface area contributed by atoms with Crippen molar-refractivity contribution in [3.05, 3.63) is 33.8 Å².